The smallest absolute Gasteiger partial charge is 0.282 e. The van der Waals surface area contributed by atoms with Crippen LogP contribution in [0.15, 0.2) is 48.5 Å². The van der Waals surface area contributed by atoms with Crippen LogP contribution >= 0.6 is 11.6 Å². The molecule has 1 aliphatic rings. The summed E-state index contributed by atoms with van der Waals surface area (Å²) in [5.41, 5.74) is 1.64. The first-order chi connectivity index (χ1) is 13.4. The van der Waals surface area contributed by atoms with Gasteiger partial charge in [0.1, 0.15) is 5.75 Å². The molecule has 2 aromatic carbocycles. The molecule has 0 aliphatic carbocycles. The molecule has 1 aliphatic heterocycles. The second kappa shape index (κ2) is 8.91. The van der Waals surface area contributed by atoms with E-state index in [1.54, 1.807) is 37.4 Å². The molecule has 150 valence electrons. The Hall–Kier alpha value is -2.13. The molecule has 1 fully saturated rings. The summed E-state index contributed by atoms with van der Waals surface area (Å²) >= 11 is 6.13. The van der Waals surface area contributed by atoms with Gasteiger partial charge in [-0.2, -0.15) is 17.0 Å². The Morgan fingerprint density at radius 3 is 2.46 bits per heavy atom. The maximum atomic E-state index is 12.7. The topological polar surface area (TPSA) is 79.0 Å². The quantitative estimate of drug-likeness (QED) is 0.739. The summed E-state index contributed by atoms with van der Waals surface area (Å²) in [6.07, 6.45) is 0. The summed E-state index contributed by atoms with van der Waals surface area (Å²) in [5.74, 6) is 0.385. The summed E-state index contributed by atoms with van der Waals surface area (Å²) in [7, 11) is -2.11. The Labute approximate surface area is 170 Å². The van der Waals surface area contributed by atoms with Crippen molar-refractivity contribution in [3.05, 3.63) is 64.7 Å². The molecule has 0 aromatic heterocycles. The van der Waals surface area contributed by atoms with Crippen molar-refractivity contribution in [1.29, 1.82) is 0 Å². The third-order valence-electron chi connectivity index (χ3n) is 4.52. The van der Waals surface area contributed by atoms with Crippen LogP contribution in [0.5, 0.6) is 5.75 Å². The standard InChI is InChI=1S/C19H22ClN3O4S/c1-27-17-8-6-15(7-9-17)12-21-19(24)14-23-11-10-22(28(23,25)26)13-16-4-2-3-5-18(16)20/h2-9H,10-14H2,1H3,(H,21,24). The zero-order valence-corrected chi connectivity index (χ0v) is 17.0. The van der Waals surface area contributed by atoms with Gasteiger partial charge >= 0.3 is 0 Å². The van der Waals surface area contributed by atoms with Crippen molar-refractivity contribution >= 4 is 27.7 Å². The van der Waals surface area contributed by atoms with Gasteiger partial charge in [0.05, 0.1) is 13.7 Å². The van der Waals surface area contributed by atoms with E-state index in [2.05, 4.69) is 5.32 Å². The molecule has 1 amide bonds. The highest BCUT2D eigenvalue weighted by molar-refractivity contribution is 7.87. The molecule has 0 radical (unpaired) electrons. The molecule has 7 nitrogen and oxygen atoms in total. The molecule has 1 N–H and O–H groups in total. The largest absolute Gasteiger partial charge is 0.497 e. The fourth-order valence-electron chi connectivity index (χ4n) is 2.92. The van der Waals surface area contributed by atoms with Crippen molar-refractivity contribution in [2.45, 2.75) is 13.1 Å². The molecule has 9 heteroatoms. The SMILES string of the molecule is COc1ccc(CNC(=O)CN2CCN(Cc3ccccc3Cl)S2(=O)=O)cc1. The summed E-state index contributed by atoms with van der Waals surface area (Å²) in [5, 5.41) is 3.27. The number of benzene rings is 2. The van der Waals surface area contributed by atoms with Gasteiger partial charge in [-0.05, 0) is 29.3 Å². The molecule has 3 rings (SSSR count). The van der Waals surface area contributed by atoms with Gasteiger partial charge in [-0.25, -0.2) is 0 Å². The highest BCUT2D eigenvalue weighted by Gasteiger charge is 2.37. The highest BCUT2D eigenvalue weighted by atomic mass is 35.5. The van der Waals surface area contributed by atoms with Gasteiger partial charge in [-0.3, -0.25) is 4.79 Å². The number of hydrogen-bond acceptors (Lipinski definition) is 4. The summed E-state index contributed by atoms with van der Waals surface area (Å²) in [6.45, 7) is 0.881. The molecule has 1 saturated heterocycles. The van der Waals surface area contributed by atoms with Gasteiger partial charge < -0.3 is 10.1 Å². The zero-order valence-electron chi connectivity index (χ0n) is 15.5. The first-order valence-electron chi connectivity index (χ1n) is 8.78. The van der Waals surface area contributed by atoms with Crippen LogP contribution < -0.4 is 10.1 Å². The van der Waals surface area contributed by atoms with E-state index in [1.807, 2.05) is 18.2 Å². The number of rotatable bonds is 7. The van der Waals surface area contributed by atoms with E-state index >= 15 is 0 Å². The molecule has 0 spiro atoms. The second-order valence-corrected chi connectivity index (χ2v) is 8.73. The minimum absolute atomic E-state index is 0.186. The van der Waals surface area contributed by atoms with Crippen LogP contribution in [-0.4, -0.2) is 49.7 Å². The van der Waals surface area contributed by atoms with Crippen molar-refractivity contribution in [2.24, 2.45) is 0 Å². The Morgan fingerprint density at radius 1 is 1.11 bits per heavy atom. The molecular formula is C19H22ClN3O4S. The number of nitrogens with zero attached hydrogens (tertiary/aromatic N) is 2. The van der Waals surface area contributed by atoms with Crippen molar-refractivity contribution < 1.29 is 17.9 Å². The second-order valence-electron chi connectivity index (χ2n) is 6.39. The van der Waals surface area contributed by atoms with E-state index in [0.29, 0.717) is 18.1 Å². The third kappa shape index (κ3) is 4.82. The number of carbonyl (C=O) groups excluding carboxylic acids is 1. The fourth-order valence-corrected chi connectivity index (χ4v) is 4.64. The fraction of sp³-hybridized carbons (Fsp3) is 0.316. The lowest BCUT2D eigenvalue weighted by Crippen LogP contribution is -2.40. The van der Waals surface area contributed by atoms with Crippen LogP contribution in [0.3, 0.4) is 0 Å². The molecular weight excluding hydrogens is 402 g/mol. The van der Waals surface area contributed by atoms with Crippen LogP contribution in [-0.2, 0) is 28.1 Å². The van der Waals surface area contributed by atoms with E-state index in [9.17, 15) is 13.2 Å². The van der Waals surface area contributed by atoms with Crippen molar-refractivity contribution in [1.82, 2.24) is 13.9 Å². The molecule has 2 aromatic rings. The van der Waals surface area contributed by atoms with Crippen LogP contribution in [0.25, 0.3) is 0 Å². The van der Waals surface area contributed by atoms with E-state index in [1.165, 1.54) is 8.61 Å². The Kier molecular flexibility index (Phi) is 6.56. The number of nitrogens with one attached hydrogen (secondary N) is 1. The Morgan fingerprint density at radius 2 is 1.79 bits per heavy atom. The molecule has 28 heavy (non-hydrogen) atoms. The number of ether oxygens (including phenoxy) is 1. The van der Waals surface area contributed by atoms with Crippen molar-refractivity contribution in [3.8, 4) is 5.75 Å². The minimum Gasteiger partial charge on any atom is -0.497 e. The van der Waals surface area contributed by atoms with Crippen molar-refractivity contribution in [2.75, 3.05) is 26.7 Å². The van der Waals surface area contributed by atoms with E-state index in [-0.39, 0.29) is 25.5 Å². The van der Waals surface area contributed by atoms with Gasteiger partial charge in [0.2, 0.25) is 5.91 Å². The minimum atomic E-state index is -3.70. The number of halogens is 1. The number of carbonyl (C=O) groups is 1. The first kappa shape index (κ1) is 20.6. The number of methoxy groups -OCH3 is 1. The van der Waals surface area contributed by atoms with Crippen LogP contribution in [0, 0.1) is 0 Å². The molecule has 0 atom stereocenters. The lowest BCUT2D eigenvalue weighted by atomic mass is 10.2. The Bertz CT molecular complexity index is 934. The van der Waals surface area contributed by atoms with E-state index in [0.717, 1.165) is 16.9 Å². The van der Waals surface area contributed by atoms with Gasteiger partial charge in [0, 0.05) is 31.2 Å². The first-order valence-corrected chi connectivity index (χ1v) is 10.6. The average molecular weight is 424 g/mol. The van der Waals surface area contributed by atoms with Gasteiger partial charge in [0.25, 0.3) is 10.2 Å². The maximum absolute atomic E-state index is 12.7. The third-order valence-corrected chi connectivity index (χ3v) is 6.82. The molecule has 0 unspecified atom stereocenters. The maximum Gasteiger partial charge on any atom is 0.282 e. The summed E-state index contributed by atoms with van der Waals surface area (Å²) in [4.78, 5) is 12.2. The average Bonchev–Trinajstić information content (AvgIpc) is 2.96. The molecule has 0 bridgehead atoms. The van der Waals surface area contributed by atoms with Crippen molar-refractivity contribution in [3.63, 3.8) is 0 Å². The van der Waals surface area contributed by atoms with Gasteiger partial charge in [0.15, 0.2) is 0 Å². The number of amides is 1. The van der Waals surface area contributed by atoms with E-state index in [4.69, 9.17) is 16.3 Å². The normalized spacial score (nSPS) is 16.8. The monoisotopic (exact) mass is 423 g/mol. The zero-order chi connectivity index (χ0) is 20.1. The Balaban J connectivity index is 1.55. The van der Waals surface area contributed by atoms with Gasteiger partial charge in [-0.1, -0.05) is 41.9 Å². The lowest BCUT2D eigenvalue weighted by Gasteiger charge is -2.19. The van der Waals surface area contributed by atoms with Crippen LogP contribution in [0.1, 0.15) is 11.1 Å². The summed E-state index contributed by atoms with van der Waals surface area (Å²) in [6, 6.07) is 14.4. The molecule has 1 heterocycles. The van der Waals surface area contributed by atoms with E-state index < -0.39 is 10.2 Å². The van der Waals surface area contributed by atoms with Gasteiger partial charge in [-0.15, -0.1) is 0 Å². The highest BCUT2D eigenvalue weighted by Crippen LogP contribution is 2.23. The molecule has 0 saturated carbocycles. The van der Waals surface area contributed by atoms with Crippen LogP contribution in [0.2, 0.25) is 5.02 Å². The predicted octanol–water partition coefficient (Wildman–Crippen LogP) is 2.03. The lowest BCUT2D eigenvalue weighted by molar-refractivity contribution is -0.121. The summed E-state index contributed by atoms with van der Waals surface area (Å²) < 4.78 is 33.0. The van der Waals surface area contributed by atoms with Crippen LogP contribution in [0.4, 0.5) is 0 Å². The predicted molar refractivity (Wildman–Crippen MR) is 107 cm³/mol. The number of hydrogen-bond donors (Lipinski definition) is 1.